The largest absolute Gasteiger partial charge is 0.508 e. The number of hydrogen-bond donors (Lipinski definition) is 5. The molecule has 1 fully saturated rings. The van der Waals surface area contributed by atoms with E-state index in [0.717, 1.165) is 0 Å². The highest BCUT2D eigenvalue weighted by Gasteiger charge is 2.60. The van der Waals surface area contributed by atoms with Gasteiger partial charge < -0.3 is 26.2 Å². The van der Waals surface area contributed by atoms with E-state index < -0.39 is 52.0 Å². The predicted molar refractivity (Wildman–Crippen MR) is 109 cm³/mol. The molecule has 3 atom stereocenters. The van der Waals surface area contributed by atoms with Crippen molar-refractivity contribution in [3.8, 4) is 11.4 Å². The van der Waals surface area contributed by atoms with Gasteiger partial charge in [0.05, 0.1) is 11.3 Å². The van der Waals surface area contributed by atoms with Crippen LogP contribution in [0.2, 0.25) is 0 Å². The Morgan fingerprint density at radius 3 is 2.59 bits per heavy atom. The molecule has 1 saturated carbocycles. The molecule has 5 rings (SSSR count). The molecular formula is C22H19N3O7. The lowest BCUT2D eigenvalue weighted by Gasteiger charge is -2.46. The standard InChI is InChI=1S/C22H19N3O7/c23-21(31)17-14(27)8-10-6-9-7-11-12(25-5-1-4-24-25)2-3-13(26)16(11)18(28)15(9)19(29)22(10,32)20(17)30/h1-5,9-10,26,28,30,32H,6-8H2,(H2,23,31). The summed E-state index contributed by atoms with van der Waals surface area (Å²) in [6.45, 7) is 0. The first-order chi connectivity index (χ1) is 15.2. The number of benzene rings is 1. The summed E-state index contributed by atoms with van der Waals surface area (Å²) in [6, 6.07) is 4.71. The quantitative estimate of drug-likeness (QED) is 0.424. The van der Waals surface area contributed by atoms with Crippen LogP contribution in [0.1, 0.15) is 24.0 Å². The first-order valence-electron chi connectivity index (χ1n) is 9.98. The number of aromatic hydroxyl groups is 1. The van der Waals surface area contributed by atoms with Crippen molar-refractivity contribution in [1.82, 2.24) is 9.78 Å². The highest BCUT2D eigenvalue weighted by Crippen LogP contribution is 2.52. The molecule has 32 heavy (non-hydrogen) atoms. The van der Waals surface area contributed by atoms with E-state index in [0.29, 0.717) is 11.3 Å². The van der Waals surface area contributed by atoms with E-state index >= 15 is 0 Å². The molecule has 0 spiro atoms. The highest BCUT2D eigenvalue weighted by atomic mass is 16.3. The smallest absolute Gasteiger partial charge is 0.255 e. The van der Waals surface area contributed by atoms with Crippen molar-refractivity contribution in [2.45, 2.75) is 24.9 Å². The molecule has 10 heteroatoms. The number of hydrogen-bond acceptors (Lipinski definition) is 8. The molecule has 1 amide bonds. The van der Waals surface area contributed by atoms with Crippen LogP contribution >= 0.6 is 0 Å². The lowest BCUT2D eigenvalue weighted by molar-refractivity contribution is -0.147. The minimum Gasteiger partial charge on any atom is -0.508 e. The summed E-state index contributed by atoms with van der Waals surface area (Å²) < 4.78 is 1.56. The molecule has 3 aliphatic carbocycles. The molecule has 1 aromatic heterocycles. The summed E-state index contributed by atoms with van der Waals surface area (Å²) in [4.78, 5) is 37.5. The Balaban J connectivity index is 1.72. The number of phenolic OH excluding ortho intramolecular Hbond substituents is 1. The van der Waals surface area contributed by atoms with E-state index in [4.69, 9.17) is 5.73 Å². The number of rotatable bonds is 2. The monoisotopic (exact) mass is 437 g/mol. The fourth-order valence-corrected chi connectivity index (χ4v) is 5.23. The van der Waals surface area contributed by atoms with E-state index in [-0.39, 0.29) is 36.1 Å². The van der Waals surface area contributed by atoms with Gasteiger partial charge in [-0.25, -0.2) is 4.68 Å². The Hall–Kier alpha value is -3.92. The third kappa shape index (κ3) is 2.43. The number of Topliss-reactive ketones (excluding diaryl/α,β-unsaturated/α-hetero) is 2. The molecule has 3 aliphatic rings. The van der Waals surface area contributed by atoms with Crippen LogP contribution in [0.25, 0.3) is 11.4 Å². The van der Waals surface area contributed by atoms with Crippen LogP contribution in [0, 0.1) is 11.8 Å². The third-order valence-electron chi connectivity index (χ3n) is 6.67. The number of carbonyl (C=O) groups is 3. The molecule has 0 radical (unpaired) electrons. The van der Waals surface area contributed by atoms with E-state index in [9.17, 15) is 34.8 Å². The number of carbonyl (C=O) groups excluding carboxylic acids is 3. The minimum absolute atomic E-state index is 0.0325. The average Bonchev–Trinajstić information content (AvgIpc) is 3.25. The van der Waals surface area contributed by atoms with Gasteiger partial charge in [-0.05, 0) is 42.5 Å². The van der Waals surface area contributed by atoms with Crippen molar-refractivity contribution < 1.29 is 34.8 Å². The SMILES string of the molecule is NC(=O)C1=C(O)C2(O)C(=O)C3=C(O)c4c(O)ccc(-n5cccn5)c4CC3CC2CC1=O. The number of phenols is 1. The van der Waals surface area contributed by atoms with Crippen molar-refractivity contribution in [3.05, 3.63) is 58.6 Å². The van der Waals surface area contributed by atoms with Crippen LogP contribution in [0.4, 0.5) is 0 Å². The molecule has 0 bridgehead atoms. The van der Waals surface area contributed by atoms with E-state index in [1.54, 1.807) is 29.2 Å². The maximum absolute atomic E-state index is 13.4. The molecule has 10 nitrogen and oxygen atoms in total. The minimum atomic E-state index is -2.56. The van der Waals surface area contributed by atoms with Gasteiger partial charge in [-0.3, -0.25) is 14.4 Å². The average molecular weight is 437 g/mol. The van der Waals surface area contributed by atoms with Crippen LogP contribution in [0.3, 0.4) is 0 Å². The van der Waals surface area contributed by atoms with Gasteiger partial charge in [0.25, 0.3) is 5.91 Å². The molecule has 0 saturated heterocycles. The Morgan fingerprint density at radius 1 is 1.19 bits per heavy atom. The summed E-state index contributed by atoms with van der Waals surface area (Å²) in [5.41, 5.74) is 2.81. The van der Waals surface area contributed by atoms with Gasteiger partial charge in [0.15, 0.2) is 11.4 Å². The van der Waals surface area contributed by atoms with Crippen molar-refractivity contribution in [1.29, 1.82) is 0 Å². The van der Waals surface area contributed by atoms with Crippen LogP contribution in [0.15, 0.2) is 47.5 Å². The van der Waals surface area contributed by atoms with Crippen LogP contribution < -0.4 is 5.73 Å². The zero-order chi connectivity index (χ0) is 22.9. The fraction of sp³-hybridized carbons (Fsp3) is 0.273. The summed E-state index contributed by atoms with van der Waals surface area (Å²) in [6.07, 6.45) is 3.22. The summed E-state index contributed by atoms with van der Waals surface area (Å²) >= 11 is 0. The maximum atomic E-state index is 13.4. The second-order valence-electron chi connectivity index (χ2n) is 8.31. The van der Waals surface area contributed by atoms with Gasteiger partial charge in [0.1, 0.15) is 22.8 Å². The Bertz CT molecular complexity index is 1270. The van der Waals surface area contributed by atoms with Gasteiger partial charge >= 0.3 is 0 Å². The Labute approximate surface area is 180 Å². The fourth-order valence-electron chi connectivity index (χ4n) is 5.23. The molecule has 1 heterocycles. The summed E-state index contributed by atoms with van der Waals surface area (Å²) in [5, 5.41) is 47.5. The zero-order valence-electron chi connectivity index (χ0n) is 16.6. The van der Waals surface area contributed by atoms with Crippen LogP contribution in [-0.4, -0.2) is 53.3 Å². The van der Waals surface area contributed by atoms with E-state index in [1.165, 1.54) is 6.07 Å². The number of aliphatic hydroxyl groups is 3. The maximum Gasteiger partial charge on any atom is 0.255 e. The zero-order valence-corrected chi connectivity index (χ0v) is 16.6. The number of primary amides is 1. The molecule has 3 unspecified atom stereocenters. The molecule has 164 valence electrons. The van der Waals surface area contributed by atoms with Crippen molar-refractivity contribution >= 4 is 23.2 Å². The number of aromatic nitrogens is 2. The first kappa shape index (κ1) is 20.0. The molecule has 0 aliphatic heterocycles. The Morgan fingerprint density at radius 2 is 1.94 bits per heavy atom. The molecule has 2 aromatic rings. The van der Waals surface area contributed by atoms with Crippen LogP contribution in [-0.2, 0) is 20.8 Å². The first-order valence-corrected chi connectivity index (χ1v) is 9.98. The summed E-state index contributed by atoms with van der Waals surface area (Å²) in [5.74, 6) is -6.48. The van der Waals surface area contributed by atoms with Crippen LogP contribution in [0.5, 0.6) is 5.75 Å². The lowest BCUT2D eigenvalue weighted by Crippen LogP contribution is -2.58. The molecule has 6 N–H and O–H groups in total. The lowest BCUT2D eigenvalue weighted by atomic mass is 9.59. The number of nitrogens with zero attached hydrogens (tertiary/aromatic N) is 2. The normalized spacial score (nSPS) is 27.2. The highest BCUT2D eigenvalue weighted by molar-refractivity contribution is 6.22. The molecule has 1 aromatic carbocycles. The van der Waals surface area contributed by atoms with Gasteiger partial charge in [-0.1, -0.05) is 0 Å². The van der Waals surface area contributed by atoms with Gasteiger partial charge in [0, 0.05) is 30.3 Å². The third-order valence-corrected chi connectivity index (χ3v) is 6.67. The van der Waals surface area contributed by atoms with E-state index in [1.807, 2.05) is 0 Å². The Kier molecular flexibility index (Phi) is 4.09. The predicted octanol–water partition coefficient (Wildman–Crippen LogP) is 0.610. The van der Waals surface area contributed by atoms with Crippen molar-refractivity contribution in [2.75, 3.05) is 0 Å². The van der Waals surface area contributed by atoms with Gasteiger partial charge in [0.2, 0.25) is 5.78 Å². The van der Waals surface area contributed by atoms with E-state index in [2.05, 4.69) is 5.10 Å². The second kappa shape index (κ2) is 6.54. The molecular weight excluding hydrogens is 418 g/mol. The second-order valence-corrected chi connectivity index (χ2v) is 8.31. The summed E-state index contributed by atoms with van der Waals surface area (Å²) in [7, 11) is 0. The number of nitrogens with two attached hydrogens (primary N) is 1. The number of fused-ring (bicyclic) bond motifs is 3. The topological polar surface area (TPSA) is 176 Å². The van der Waals surface area contributed by atoms with Crippen molar-refractivity contribution in [3.63, 3.8) is 0 Å². The van der Waals surface area contributed by atoms with Gasteiger partial charge in [-0.2, -0.15) is 5.10 Å². The van der Waals surface area contributed by atoms with Crippen molar-refractivity contribution in [2.24, 2.45) is 17.6 Å². The number of aliphatic hydroxyl groups excluding tert-OH is 2. The number of amides is 1. The number of ketones is 2. The van der Waals surface area contributed by atoms with Gasteiger partial charge in [-0.15, -0.1) is 0 Å².